The van der Waals surface area contributed by atoms with Gasteiger partial charge in [0.05, 0.1) is 16.6 Å². The summed E-state index contributed by atoms with van der Waals surface area (Å²) >= 11 is 1.17. The first-order valence-electron chi connectivity index (χ1n) is 9.95. The molecule has 0 aliphatic carbocycles. The van der Waals surface area contributed by atoms with Gasteiger partial charge in [0.25, 0.3) is 5.56 Å². The van der Waals surface area contributed by atoms with Crippen molar-refractivity contribution in [2.75, 3.05) is 0 Å². The molecule has 10 nitrogen and oxygen atoms in total. The van der Waals surface area contributed by atoms with Gasteiger partial charge in [0.2, 0.25) is 0 Å². The van der Waals surface area contributed by atoms with E-state index in [0.29, 0.717) is 15.5 Å². The molecule has 4 heterocycles. The van der Waals surface area contributed by atoms with E-state index in [9.17, 15) is 19.5 Å². The number of aryl methyl sites for hydroxylation is 1. The van der Waals surface area contributed by atoms with Crippen LogP contribution in [0.3, 0.4) is 0 Å². The van der Waals surface area contributed by atoms with Gasteiger partial charge in [0, 0.05) is 47.9 Å². The van der Waals surface area contributed by atoms with Crippen molar-refractivity contribution < 1.29 is 9.90 Å². The van der Waals surface area contributed by atoms with E-state index in [1.54, 1.807) is 16.9 Å². The van der Waals surface area contributed by atoms with Gasteiger partial charge in [-0.25, -0.2) is 24.2 Å². The molecule has 1 N–H and O–H groups in total. The van der Waals surface area contributed by atoms with Crippen molar-refractivity contribution in [3.05, 3.63) is 66.8 Å². The Morgan fingerprint density at radius 2 is 1.94 bits per heavy atom. The van der Waals surface area contributed by atoms with E-state index in [0.717, 1.165) is 21.5 Å². The predicted molar refractivity (Wildman–Crippen MR) is 127 cm³/mol. The number of fused-ring (bicyclic) bond motifs is 1. The Morgan fingerprint density at radius 1 is 1.24 bits per heavy atom. The number of carboxylic acid groups (broad SMARTS) is 1. The molecule has 4 aromatic rings. The molecule has 0 radical (unpaired) electrons. The standard InChI is InChI=1S/C21H22N6O4S.Na.H/c1-10(2)26-19-17(18(28)25(5)21(26)31)16(20(29)30)14(32-19)8-13-11(3)24-27(12(13)4)15-6-7-22-9-23-15;;/h6-7,9-10H,8H2,1-5H3,(H,29,30);;. The van der Waals surface area contributed by atoms with Crippen LogP contribution < -0.4 is 11.2 Å². The molecule has 0 amide bonds. The van der Waals surface area contributed by atoms with Crippen LogP contribution in [-0.4, -0.2) is 69.5 Å². The van der Waals surface area contributed by atoms with Crippen molar-refractivity contribution in [3.8, 4) is 5.82 Å². The third-order valence-electron chi connectivity index (χ3n) is 5.49. The van der Waals surface area contributed by atoms with Gasteiger partial charge in [-0.15, -0.1) is 11.3 Å². The van der Waals surface area contributed by atoms with Crippen LogP contribution in [0.4, 0.5) is 0 Å². The van der Waals surface area contributed by atoms with Crippen molar-refractivity contribution in [3.63, 3.8) is 0 Å². The van der Waals surface area contributed by atoms with Crippen molar-refractivity contribution in [2.45, 2.75) is 40.2 Å². The first-order valence-corrected chi connectivity index (χ1v) is 10.8. The Bertz CT molecular complexity index is 1480. The summed E-state index contributed by atoms with van der Waals surface area (Å²) in [6.45, 7) is 7.38. The van der Waals surface area contributed by atoms with Crippen LogP contribution in [0.25, 0.3) is 16.0 Å². The molecule has 0 aliphatic heterocycles. The fraction of sp³-hybridized carbons (Fsp3) is 0.333. The van der Waals surface area contributed by atoms with Crippen molar-refractivity contribution >= 4 is 57.1 Å². The molecule has 0 unspecified atom stereocenters. The number of aromatic carboxylic acids is 1. The van der Waals surface area contributed by atoms with Gasteiger partial charge < -0.3 is 5.11 Å². The molecule has 12 heteroatoms. The van der Waals surface area contributed by atoms with Crippen LogP contribution in [0.15, 0.2) is 28.2 Å². The summed E-state index contributed by atoms with van der Waals surface area (Å²) in [5.41, 5.74) is 1.24. The monoisotopic (exact) mass is 478 g/mol. The summed E-state index contributed by atoms with van der Waals surface area (Å²) in [5, 5.41) is 14.6. The van der Waals surface area contributed by atoms with Gasteiger partial charge in [0.15, 0.2) is 5.82 Å². The summed E-state index contributed by atoms with van der Waals surface area (Å²) in [4.78, 5) is 46.9. The quantitative estimate of drug-likeness (QED) is 0.432. The summed E-state index contributed by atoms with van der Waals surface area (Å²) < 4.78 is 4.12. The zero-order valence-electron chi connectivity index (χ0n) is 18.3. The summed E-state index contributed by atoms with van der Waals surface area (Å²) in [6.07, 6.45) is 3.31. The van der Waals surface area contributed by atoms with Gasteiger partial charge in [-0.2, -0.15) is 5.10 Å². The van der Waals surface area contributed by atoms with Crippen LogP contribution >= 0.6 is 11.3 Å². The van der Waals surface area contributed by atoms with Crippen LogP contribution in [0.2, 0.25) is 0 Å². The number of rotatable bonds is 5. The zero-order valence-corrected chi connectivity index (χ0v) is 19.1. The fourth-order valence-corrected chi connectivity index (χ4v) is 5.29. The first-order chi connectivity index (χ1) is 15.1. The molecule has 168 valence electrons. The molecule has 0 aromatic carbocycles. The molecule has 0 atom stereocenters. The average molecular weight is 479 g/mol. The maximum atomic E-state index is 12.9. The Kier molecular flexibility index (Phi) is 7.08. The minimum atomic E-state index is -1.20. The van der Waals surface area contributed by atoms with E-state index in [-0.39, 0.29) is 53.0 Å². The van der Waals surface area contributed by atoms with Crippen LogP contribution in [-0.2, 0) is 13.5 Å². The summed E-state index contributed by atoms with van der Waals surface area (Å²) in [7, 11) is 1.37. The van der Waals surface area contributed by atoms with Crippen LogP contribution in [0.5, 0.6) is 0 Å². The van der Waals surface area contributed by atoms with Crippen LogP contribution in [0, 0.1) is 13.8 Å². The minimum absolute atomic E-state index is 0. The molecule has 0 bridgehead atoms. The van der Waals surface area contributed by atoms with Gasteiger partial charge in [0.1, 0.15) is 11.2 Å². The summed E-state index contributed by atoms with van der Waals surface area (Å²) in [6, 6.07) is 1.49. The average Bonchev–Trinajstić information content (AvgIpc) is 3.25. The second-order valence-electron chi connectivity index (χ2n) is 7.80. The molecule has 0 spiro atoms. The van der Waals surface area contributed by atoms with Gasteiger partial charge >= 0.3 is 41.2 Å². The third-order valence-corrected chi connectivity index (χ3v) is 6.67. The number of thiophene rings is 1. The molecule has 4 aromatic heterocycles. The number of hydrogen-bond acceptors (Lipinski definition) is 7. The van der Waals surface area contributed by atoms with Gasteiger partial charge in [-0.1, -0.05) is 0 Å². The number of carbonyl (C=O) groups is 1. The topological polar surface area (TPSA) is 125 Å². The van der Waals surface area contributed by atoms with E-state index >= 15 is 0 Å². The third kappa shape index (κ3) is 4.10. The van der Waals surface area contributed by atoms with E-state index in [1.165, 1.54) is 29.3 Å². The molecule has 0 fully saturated rings. The molecule has 4 rings (SSSR count). The second kappa shape index (κ2) is 9.34. The molecule has 33 heavy (non-hydrogen) atoms. The number of hydrogen-bond donors (Lipinski definition) is 1. The van der Waals surface area contributed by atoms with Gasteiger partial charge in [-0.05, 0) is 27.7 Å². The second-order valence-corrected chi connectivity index (χ2v) is 8.89. The molecule has 0 saturated heterocycles. The normalized spacial score (nSPS) is 11.2. The molecule has 0 saturated carbocycles. The zero-order chi connectivity index (χ0) is 23.3. The molecular weight excluding hydrogens is 455 g/mol. The SMILES string of the molecule is Cc1nn(-c2ccncn2)c(C)c1Cc1sc2c(c1C(=O)O)c(=O)n(C)c(=O)n2C(C)C.[NaH]. The Labute approximate surface area is 214 Å². The maximum absolute atomic E-state index is 12.9. The Morgan fingerprint density at radius 3 is 2.52 bits per heavy atom. The molecular formula is C21H23N6NaO4S. The number of nitrogens with zero attached hydrogens (tertiary/aromatic N) is 6. The van der Waals surface area contributed by atoms with E-state index < -0.39 is 17.2 Å². The first kappa shape index (κ1) is 25.0. The van der Waals surface area contributed by atoms with E-state index in [4.69, 9.17) is 0 Å². The Balaban J connectivity index is 0.00000306. The summed E-state index contributed by atoms with van der Waals surface area (Å²) in [5.74, 6) is -0.597. The van der Waals surface area contributed by atoms with Crippen molar-refractivity contribution in [2.24, 2.45) is 7.05 Å². The van der Waals surface area contributed by atoms with E-state index in [1.807, 2.05) is 27.7 Å². The predicted octanol–water partition coefficient (Wildman–Crippen LogP) is 1.58. The van der Waals surface area contributed by atoms with Crippen molar-refractivity contribution in [1.82, 2.24) is 28.9 Å². The van der Waals surface area contributed by atoms with Gasteiger partial charge in [-0.3, -0.25) is 13.9 Å². The number of carboxylic acids is 1. The fourth-order valence-electron chi connectivity index (χ4n) is 3.87. The van der Waals surface area contributed by atoms with Crippen LogP contribution in [0.1, 0.15) is 52.1 Å². The molecule has 0 aliphatic rings. The van der Waals surface area contributed by atoms with Crippen molar-refractivity contribution in [1.29, 1.82) is 0 Å². The number of aromatic nitrogens is 6. The Hall–Kier alpha value is -2.60. The van der Waals surface area contributed by atoms with E-state index in [2.05, 4.69) is 15.1 Å².